The number of carbonyl (C=O) groups excluding carboxylic acids is 3. The third-order valence-electron chi connectivity index (χ3n) is 8.56. The molecule has 4 aliphatic rings. The second-order valence-electron chi connectivity index (χ2n) is 9.40. The Labute approximate surface area is 137 Å². The number of Topliss-reactive ketones (excluding diaryl/α,β-unsaturated/α-hetero) is 2. The summed E-state index contributed by atoms with van der Waals surface area (Å²) in [6.07, 6.45) is 3.26. The van der Waals surface area contributed by atoms with Gasteiger partial charge >= 0.3 is 5.97 Å². The summed E-state index contributed by atoms with van der Waals surface area (Å²) in [5.41, 5.74) is -2.55. The van der Waals surface area contributed by atoms with E-state index in [1.54, 1.807) is 0 Å². The third kappa shape index (κ3) is 1.22. The van der Waals surface area contributed by atoms with E-state index in [0.717, 1.165) is 19.3 Å². The van der Waals surface area contributed by atoms with Gasteiger partial charge in [-0.25, -0.2) is 0 Å². The van der Waals surface area contributed by atoms with E-state index in [-0.39, 0.29) is 23.1 Å². The topological polar surface area (TPSA) is 60.4 Å². The second kappa shape index (κ2) is 3.73. The SMILES string of the molecule is CC1(C)C(=O)CC[C@@]2(C)[C@H]1CC[C@]1(C)C(=O)[C@@]3(C)OC(=O)C[C@@]213. The summed E-state index contributed by atoms with van der Waals surface area (Å²) >= 11 is 0. The van der Waals surface area contributed by atoms with Crippen LogP contribution in [0.4, 0.5) is 0 Å². The van der Waals surface area contributed by atoms with Gasteiger partial charge in [0.05, 0.1) is 6.42 Å². The molecular formula is C19H26O4. The van der Waals surface area contributed by atoms with Gasteiger partial charge in [0, 0.05) is 22.7 Å². The lowest BCUT2D eigenvalue weighted by molar-refractivity contribution is -0.281. The Morgan fingerprint density at radius 1 is 1.00 bits per heavy atom. The first-order chi connectivity index (χ1) is 10.5. The van der Waals surface area contributed by atoms with Crippen molar-refractivity contribution in [2.45, 2.75) is 72.3 Å². The Hall–Kier alpha value is -1.19. The fourth-order valence-electron chi connectivity index (χ4n) is 7.54. The zero-order valence-electron chi connectivity index (χ0n) is 14.7. The average molecular weight is 318 g/mol. The van der Waals surface area contributed by atoms with Crippen LogP contribution in [-0.2, 0) is 19.1 Å². The highest BCUT2D eigenvalue weighted by molar-refractivity contribution is 6.06. The highest BCUT2D eigenvalue weighted by Gasteiger charge is 2.88. The van der Waals surface area contributed by atoms with Crippen LogP contribution in [0, 0.1) is 27.6 Å². The minimum atomic E-state index is -0.997. The zero-order valence-corrected chi connectivity index (χ0v) is 14.7. The maximum absolute atomic E-state index is 13.0. The van der Waals surface area contributed by atoms with Gasteiger partial charge in [0.15, 0.2) is 11.4 Å². The van der Waals surface area contributed by atoms with E-state index >= 15 is 0 Å². The molecule has 0 aromatic heterocycles. The van der Waals surface area contributed by atoms with Crippen molar-refractivity contribution in [1.29, 1.82) is 0 Å². The van der Waals surface area contributed by atoms with E-state index in [4.69, 9.17) is 4.74 Å². The Balaban J connectivity index is 1.94. The number of ketones is 2. The van der Waals surface area contributed by atoms with E-state index in [0.29, 0.717) is 18.6 Å². The number of rotatable bonds is 0. The largest absolute Gasteiger partial charge is 0.451 e. The van der Waals surface area contributed by atoms with E-state index in [1.165, 1.54) is 0 Å². The van der Waals surface area contributed by atoms with Gasteiger partial charge < -0.3 is 4.74 Å². The summed E-state index contributed by atoms with van der Waals surface area (Å²) in [6, 6.07) is 0. The maximum atomic E-state index is 13.0. The van der Waals surface area contributed by atoms with Crippen molar-refractivity contribution < 1.29 is 19.1 Å². The third-order valence-corrected chi connectivity index (χ3v) is 8.56. The van der Waals surface area contributed by atoms with Gasteiger partial charge in [0.1, 0.15) is 5.78 Å². The fourth-order valence-corrected chi connectivity index (χ4v) is 7.54. The van der Waals surface area contributed by atoms with Crippen molar-refractivity contribution >= 4 is 17.5 Å². The molecule has 4 heteroatoms. The lowest BCUT2D eigenvalue weighted by Gasteiger charge is -2.75. The van der Waals surface area contributed by atoms with E-state index in [2.05, 4.69) is 6.92 Å². The molecule has 3 saturated carbocycles. The van der Waals surface area contributed by atoms with Gasteiger partial charge in [-0.2, -0.15) is 0 Å². The highest BCUT2D eigenvalue weighted by Crippen LogP contribution is 2.81. The molecule has 0 aromatic carbocycles. The molecule has 0 unspecified atom stereocenters. The molecule has 5 atom stereocenters. The summed E-state index contributed by atoms with van der Waals surface area (Å²) in [7, 11) is 0. The van der Waals surface area contributed by atoms with Crippen molar-refractivity contribution in [2.24, 2.45) is 27.6 Å². The summed E-state index contributed by atoms with van der Waals surface area (Å²) in [4.78, 5) is 37.7. The van der Waals surface area contributed by atoms with Crippen molar-refractivity contribution in [3.8, 4) is 0 Å². The van der Waals surface area contributed by atoms with Crippen molar-refractivity contribution in [3.63, 3.8) is 0 Å². The van der Waals surface area contributed by atoms with Gasteiger partial charge in [-0.05, 0) is 37.5 Å². The molecule has 4 fully saturated rings. The Kier molecular flexibility index (Phi) is 2.49. The zero-order chi connectivity index (χ0) is 17.1. The van der Waals surface area contributed by atoms with Crippen LogP contribution >= 0.6 is 0 Å². The molecule has 0 aromatic rings. The predicted octanol–water partition coefficient (Wildman–Crippen LogP) is 3.07. The van der Waals surface area contributed by atoms with Gasteiger partial charge in [0.2, 0.25) is 0 Å². The molecule has 126 valence electrons. The standard InChI is InChI=1S/C19H26O4/c1-15(2)11-6-8-17(4)14(22)18(5)19(17,10-13(21)23-18)16(11,3)9-7-12(15)20/h11H,6-10H2,1-5H3/t11-,16-,17+,18+,19+/m0/s1. The summed E-state index contributed by atoms with van der Waals surface area (Å²) in [5, 5.41) is 0. The number of hydrogen-bond donors (Lipinski definition) is 0. The molecular weight excluding hydrogens is 292 g/mol. The van der Waals surface area contributed by atoms with Crippen LogP contribution in [0.25, 0.3) is 0 Å². The van der Waals surface area contributed by atoms with Crippen molar-refractivity contribution in [1.82, 2.24) is 0 Å². The number of ether oxygens (including phenoxy) is 1. The van der Waals surface area contributed by atoms with Gasteiger partial charge in [0.25, 0.3) is 0 Å². The van der Waals surface area contributed by atoms with Crippen molar-refractivity contribution in [3.05, 3.63) is 0 Å². The molecule has 1 heterocycles. The molecule has 1 aliphatic heterocycles. The predicted molar refractivity (Wildman–Crippen MR) is 83.5 cm³/mol. The maximum Gasteiger partial charge on any atom is 0.307 e. The second-order valence-corrected chi connectivity index (χ2v) is 9.40. The molecule has 23 heavy (non-hydrogen) atoms. The van der Waals surface area contributed by atoms with E-state index in [1.807, 2.05) is 27.7 Å². The number of esters is 1. The van der Waals surface area contributed by atoms with Crippen molar-refractivity contribution in [2.75, 3.05) is 0 Å². The molecule has 0 amide bonds. The minimum absolute atomic E-state index is 0.0882. The van der Waals surface area contributed by atoms with Crippen LogP contribution in [0.2, 0.25) is 0 Å². The molecule has 1 spiro atoms. The molecule has 4 nitrogen and oxygen atoms in total. The smallest absolute Gasteiger partial charge is 0.307 e. The summed E-state index contributed by atoms with van der Waals surface area (Å²) in [6.45, 7) is 10.2. The van der Waals surface area contributed by atoms with Gasteiger partial charge in [-0.3, -0.25) is 14.4 Å². The Bertz CT molecular complexity index is 664. The first-order valence-corrected chi connectivity index (χ1v) is 8.77. The Morgan fingerprint density at radius 3 is 2.30 bits per heavy atom. The van der Waals surface area contributed by atoms with E-state index < -0.39 is 21.8 Å². The van der Waals surface area contributed by atoms with Crippen LogP contribution in [0.15, 0.2) is 0 Å². The normalized spacial score (nSPS) is 53.8. The van der Waals surface area contributed by atoms with Crippen LogP contribution in [-0.4, -0.2) is 23.1 Å². The first-order valence-electron chi connectivity index (χ1n) is 8.77. The van der Waals surface area contributed by atoms with Crippen LogP contribution in [0.3, 0.4) is 0 Å². The fraction of sp³-hybridized carbons (Fsp3) is 0.842. The number of carbonyl (C=O) groups is 3. The van der Waals surface area contributed by atoms with Crippen LogP contribution in [0.1, 0.15) is 66.7 Å². The van der Waals surface area contributed by atoms with Crippen LogP contribution < -0.4 is 0 Å². The van der Waals surface area contributed by atoms with Gasteiger partial charge in [-0.1, -0.05) is 27.7 Å². The monoisotopic (exact) mass is 318 g/mol. The first kappa shape index (κ1) is 15.3. The summed E-state index contributed by atoms with van der Waals surface area (Å²) in [5.74, 6) is 0.357. The molecule has 0 N–H and O–H groups in total. The number of fused-ring (bicyclic) bond motifs is 1. The molecule has 0 radical (unpaired) electrons. The average Bonchev–Trinajstić information content (AvgIpc) is 2.72. The minimum Gasteiger partial charge on any atom is -0.451 e. The number of hydrogen-bond acceptors (Lipinski definition) is 4. The summed E-state index contributed by atoms with van der Waals surface area (Å²) < 4.78 is 5.62. The quantitative estimate of drug-likeness (QED) is 0.644. The lowest BCUT2D eigenvalue weighted by Crippen LogP contribution is -2.82. The van der Waals surface area contributed by atoms with Gasteiger partial charge in [-0.15, -0.1) is 0 Å². The molecule has 4 rings (SSSR count). The molecule has 0 bridgehead atoms. The van der Waals surface area contributed by atoms with E-state index in [9.17, 15) is 14.4 Å². The lowest BCUT2D eigenvalue weighted by atomic mass is 9.26. The highest BCUT2D eigenvalue weighted by atomic mass is 16.6. The van der Waals surface area contributed by atoms with Crippen LogP contribution in [0.5, 0.6) is 0 Å². The molecule has 3 aliphatic carbocycles. The Morgan fingerprint density at radius 2 is 1.65 bits per heavy atom. The molecule has 1 saturated heterocycles.